The van der Waals surface area contributed by atoms with Crippen LogP contribution in [0.15, 0.2) is 0 Å². The second-order valence-electron chi connectivity index (χ2n) is 4.10. The summed E-state index contributed by atoms with van der Waals surface area (Å²) < 4.78 is 26.5. The highest BCUT2D eigenvalue weighted by Crippen LogP contribution is 2.44. The molecule has 1 aliphatic rings. The van der Waals surface area contributed by atoms with Gasteiger partial charge in [-0.25, -0.2) is 0 Å². The lowest BCUT2D eigenvalue weighted by molar-refractivity contribution is -0.160. The first kappa shape index (κ1) is 5.97. The van der Waals surface area contributed by atoms with Crippen LogP contribution >= 0.6 is 0 Å². The first-order chi connectivity index (χ1) is 6.50. The molecule has 1 rings (SSSR count). The van der Waals surface area contributed by atoms with Crippen molar-refractivity contribution >= 4 is 5.91 Å². The van der Waals surface area contributed by atoms with Crippen LogP contribution in [0.4, 0.5) is 0 Å². The molecule has 0 radical (unpaired) electrons. The van der Waals surface area contributed by atoms with Gasteiger partial charge in [0.2, 0.25) is 5.91 Å². The summed E-state index contributed by atoms with van der Waals surface area (Å²) >= 11 is 0. The third-order valence-electron chi connectivity index (χ3n) is 3.06. The summed E-state index contributed by atoms with van der Waals surface area (Å²) in [5.41, 5.74) is -1.58. The molecule has 0 spiro atoms. The highest BCUT2D eigenvalue weighted by Gasteiger charge is 2.53. The van der Waals surface area contributed by atoms with Crippen LogP contribution in [0.1, 0.15) is 31.3 Å². The molecule has 0 bridgehead atoms. The van der Waals surface area contributed by atoms with E-state index in [4.69, 9.17) is 8.85 Å². The number of nitrogens with zero attached hydrogens (tertiary/aromatic N) is 1. The van der Waals surface area contributed by atoms with Crippen LogP contribution in [-0.4, -0.2) is 30.6 Å². The first-order valence-electron chi connectivity index (χ1n) is 5.46. The minimum Gasteiger partial charge on any atom is -0.359 e. The number of methoxy groups -OCH3 is 1. The van der Waals surface area contributed by atoms with Gasteiger partial charge < -0.3 is 9.64 Å². The summed E-state index contributed by atoms with van der Waals surface area (Å²) in [7, 11) is -0.923. The van der Waals surface area contributed by atoms with Gasteiger partial charge in [-0.3, -0.25) is 4.79 Å². The van der Waals surface area contributed by atoms with E-state index in [2.05, 4.69) is 0 Å². The maximum atomic E-state index is 11.6. The maximum absolute atomic E-state index is 11.6. The largest absolute Gasteiger partial charge is 0.359 e. The second-order valence-corrected chi connectivity index (χ2v) is 4.10. The number of hydrogen-bond acceptors (Lipinski definition) is 2. The Bertz CT molecular complexity index is 288. The monoisotopic (exact) mass is 174 g/mol. The van der Waals surface area contributed by atoms with E-state index in [0.717, 1.165) is 0 Å². The van der Waals surface area contributed by atoms with Gasteiger partial charge in [-0.15, -0.1) is 0 Å². The number of rotatable bonds is 1. The predicted octanol–water partition coefficient (Wildman–Crippen LogP) is 1.24. The molecular formula is C9H17NO2. The standard InChI is InChI=1S/C9H17NO2/c1-8(2)6-7(11)10(4)9(8,3)12-5/h6H2,1-5H3/i5D3. The summed E-state index contributed by atoms with van der Waals surface area (Å²) in [4.78, 5) is 12.9. The minimum atomic E-state index is -2.50. The van der Waals surface area contributed by atoms with Crippen LogP contribution in [0.25, 0.3) is 0 Å². The summed E-state index contributed by atoms with van der Waals surface area (Å²) in [6.45, 7) is 5.31. The fourth-order valence-corrected chi connectivity index (χ4v) is 1.56. The summed E-state index contributed by atoms with van der Waals surface area (Å²) in [5, 5.41) is 0. The molecule has 12 heavy (non-hydrogen) atoms. The molecule has 0 aromatic heterocycles. The number of carbonyl (C=O) groups excluding carboxylic acids is 1. The topological polar surface area (TPSA) is 29.5 Å². The number of hydrogen-bond donors (Lipinski definition) is 0. The number of likely N-dealkylation sites (tertiary alicyclic amines) is 1. The van der Waals surface area contributed by atoms with Crippen LogP contribution in [0, 0.1) is 5.41 Å². The van der Waals surface area contributed by atoms with Crippen molar-refractivity contribution in [3.05, 3.63) is 0 Å². The molecule has 1 amide bonds. The molecule has 0 N–H and O–H groups in total. The number of amides is 1. The van der Waals surface area contributed by atoms with E-state index in [1.165, 1.54) is 4.90 Å². The fraction of sp³-hybridized carbons (Fsp3) is 0.889. The van der Waals surface area contributed by atoms with Crippen molar-refractivity contribution in [2.45, 2.75) is 32.9 Å². The zero-order chi connectivity index (χ0) is 12.1. The van der Waals surface area contributed by atoms with Gasteiger partial charge in [0.15, 0.2) is 0 Å². The zero-order valence-electron chi connectivity index (χ0n) is 11.0. The van der Waals surface area contributed by atoms with Gasteiger partial charge in [-0.1, -0.05) is 13.8 Å². The van der Waals surface area contributed by atoms with Gasteiger partial charge in [-0.05, 0) is 6.92 Å². The van der Waals surface area contributed by atoms with Crippen molar-refractivity contribution < 1.29 is 13.6 Å². The third kappa shape index (κ3) is 0.959. The molecule has 1 atom stereocenters. The van der Waals surface area contributed by atoms with Crippen molar-refractivity contribution in [1.29, 1.82) is 0 Å². The molecule has 0 aromatic carbocycles. The average molecular weight is 174 g/mol. The fourth-order valence-electron chi connectivity index (χ4n) is 1.56. The molecule has 1 aliphatic heterocycles. The number of ether oxygens (including phenoxy) is 1. The van der Waals surface area contributed by atoms with Crippen LogP contribution in [0.5, 0.6) is 0 Å². The average Bonchev–Trinajstić information content (AvgIpc) is 2.09. The molecule has 0 aliphatic carbocycles. The van der Waals surface area contributed by atoms with Crippen molar-refractivity contribution in [1.82, 2.24) is 4.90 Å². The van der Waals surface area contributed by atoms with Gasteiger partial charge in [0.25, 0.3) is 0 Å². The Kier molecular flexibility index (Phi) is 1.22. The summed E-state index contributed by atoms with van der Waals surface area (Å²) in [6, 6.07) is 0. The lowest BCUT2D eigenvalue weighted by atomic mass is 9.82. The van der Waals surface area contributed by atoms with Crippen molar-refractivity contribution in [2.75, 3.05) is 14.1 Å². The van der Waals surface area contributed by atoms with Crippen LogP contribution in [0.2, 0.25) is 0 Å². The second kappa shape index (κ2) is 2.46. The third-order valence-corrected chi connectivity index (χ3v) is 3.06. The van der Waals surface area contributed by atoms with Crippen molar-refractivity contribution in [2.24, 2.45) is 5.41 Å². The number of carbonyl (C=O) groups is 1. The van der Waals surface area contributed by atoms with Gasteiger partial charge in [-0.2, -0.15) is 0 Å². The van der Waals surface area contributed by atoms with Gasteiger partial charge in [0, 0.05) is 25.9 Å². The van der Waals surface area contributed by atoms with E-state index >= 15 is 0 Å². The van der Waals surface area contributed by atoms with E-state index in [0.29, 0.717) is 6.42 Å². The van der Waals surface area contributed by atoms with Gasteiger partial charge >= 0.3 is 0 Å². The molecular weight excluding hydrogens is 154 g/mol. The van der Waals surface area contributed by atoms with Gasteiger partial charge in [0.05, 0.1) is 4.11 Å². The van der Waals surface area contributed by atoms with Crippen LogP contribution < -0.4 is 0 Å². The van der Waals surface area contributed by atoms with E-state index in [9.17, 15) is 4.79 Å². The molecule has 3 heteroatoms. The molecule has 3 nitrogen and oxygen atoms in total. The van der Waals surface area contributed by atoms with Crippen molar-refractivity contribution in [3.8, 4) is 0 Å². The summed E-state index contributed by atoms with van der Waals surface area (Å²) in [6.07, 6.45) is 0.302. The summed E-state index contributed by atoms with van der Waals surface area (Å²) in [5.74, 6) is -0.0910. The normalized spacial score (nSPS) is 39.2. The Balaban J connectivity index is 3.04. The molecule has 1 unspecified atom stereocenters. The molecule has 1 heterocycles. The predicted molar refractivity (Wildman–Crippen MR) is 46.6 cm³/mol. The van der Waals surface area contributed by atoms with Gasteiger partial charge in [0.1, 0.15) is 5.72 Å². The molecule has 0 saturated carbocycles. The maximum Gasteiger partial charge on any atom is 0.225 e. The Morgan fingerprint density at radius 3 is 2.50 bits per heavy atom. The lowest BCUT2D eigenvalue weighted by Gasteiger charge is -2.40. The highest BCUT2D eigenvalue weighted by atomic mass is 16.5. The molecule has 70 valence electrons. The highest BCUT2D eigenvalue weighted by molar-refractivity contribution is 5.80. The molecule has 1 saturated heterocycles. The van der Waals surface area contributed by atoms with Crippen molar-refractivity contribution in [3.63, 3.8) is 0 Å². The first-order valence-corrected chi connectivity index (χ1v) is 3.96. The molecule has 0 aromatic rings. The molecule has 1 fully saturated rings. The van der Waals surface area contributed by atoms with E-state index < -0.39 is 18.2 Å². The van der Waals surface area contributed by atoms with Crippen LogP contribution in [0.3, 0.4) is 0 Å². The Morgan fingerprint density at radius 2 is 2.17 bits per heavy atom. The minimum absolute atomic E-state index is 0.0910. The quantitative estimate of drug-likeness (QED) is 0.598. The Morgan fingerprint density at radius 1 is 1.58 bits per heavy atom. The van der Waals surface area contributed by atoms with E-state index in [1.54, 1.807) is 14.0 Å². The lowest BCUT2D eigenvalue weighted by Crippen LogP contribution is -2.49. The zero-order valence-corrected chi connectivity index (χ0v) is 7.97. The SMILES string of the molecule is [2H]C([2H])([2H])OC1(C)N(C)C(=O)CC1(C)C. The van der Waals surface area contributed by atoms with Crippen LogP contribution in [-0.2, 0) is 9.53 Å². The Labute approximate surface area is 77.9 Å². The smallest absolute Gasteiger partial charge is 0.225 e. The van der Waals surface area contributed by atoms with E-state index in [1.807, 2.05) is 13.8 Å². The Hall–Kier alpha value is -0.570. The van der Waals surface area contributed by atoms with E-state index in [-0.39, 0.29) is 5.91 Å².